The van der Waals surface area contributed by atoms with Crippen molar-refractivity contribution in [2.45, 2.75) is 235 Å². The van der Waals surface area contributed by atoms with E-state index in [4.69, 9.17) is 1.37 Å². The molecule has 4 aromatic heterocycles. The summed E-state index contributed by atoms with van der Waals surface area (Å²) in [6, 6.07) is 88.4. The van der Waals surface area contributed by atoms with E-state index in [9.17, 15) is 1.37 Å². The Balaban J connectivity index is 0.000000137. The molecule has 600 valence electrons. The van der Waals surface area contributed by atoms with Crippen molar-refractivity contribution in [3.63, 3.8) is 0 Å². The van der Waals surface area contributed by atoms with Gasteiger partial charge < -0.3 is 0 Å². The van der Waals surface area contributed by atoms with Crippen molar-refractivity contribution in [2.24, 2.45) is 49.9 Å². The lowest BCUT2D eigenvalue weighted by atomic mass is 9.62. The highest BCUT2D eigenvalue weighted by atomic mass is 14.9. The molecule has 2 spiro atoms. The molecule has 0 saturated heterocycles. The van der Waals surface area contributed by atoms with Gasteiger partial charge in [-0.15, -0.1) is 0 Å². The number of nitrogens with zero attached hydrogens (tertiary/aromatic N) is 4. The molecule has 2 atom stereocenters. The normalized spacial score (nSPS) is 17.7. The summed E-state index contributed by atoms with van der Waals surface area (Å²) in [6.07, 6.45) is 35.3. The highest BCUT2D eigenvalue weighted by Crippen LogP contribution is 2.53. The van der Waals surface area contributed by atoms with E-state index in [0.717, 1.165) is 30.7 Å². The van der Waals surface area contributed by atoms with Crippen molar-refractivity contribution in [2.75, 3.05) is 0 Å². The molecular formula is C112H136N4+4. The van der Waals surface area contributed by atoms with Crippen molar-refractivity contribution < 1.29 is 21.0 Å². The Morgan fingerprint density at radius 1 is 0.328 bits per heavy atom. The van der Waals surface area contributed by atoms with E-state index in [1.54, 1.807) is 5.56 Å². The van der Waals surface area contributed by atoms with Gasteiger partial charge in [0.25, 0.3) is 0 Å². The molecule has 4 nitrogen and oxygen atoms in total. The Bertz CT molecular complexity index is 5330. The Morgan fingerprint density at radius 2 is 0.612 bits per heavy atom. The molecule has 4 fully saturated rings. The first-order chi connectivity index (χ1) is 56.4. The molecule has 4 heteroatoms. The summed E-state index contributed by atoms with van der Waals surface area (Å²) in [4.78, 5) is 0. The second-order valence-electron chi connectivity index (χ2n) is 38.0. The van der Waals surface area contributed by atoms with Gasteiger partial charge in [-0.2, -0.15) is 0 Å². The second kappa shape index (κ2) is 37.7. The van der Waals surface area contributed by atoms with Crippen LogP contribution in [0.25, 0.3) is 89.5 Å². The van der Waals surface area contributed by atoms with E-state index in [-0.39, 0.29) is 5.41 Å². The van der Waals surface area contributed by atoms with Crippen molar-refractivity contribution >= 4 is 0 Å². The molecule has 4 aliphatic carbocycles. The number of aryl methyl sites for hydroxylation is 8. The van der Waals surface area contributed by atoms with E-state index in [1.165, 1.54) is 232 Å². The molecule has 16 rings (SSSR count). The molecule has 0 radical (unpaired) electrons. The van der Waals surface area contributed by atoms with Crippen molar-refractivity contribution in [1.29, 1.82) is 0 Å². The molecule has 12 aromatic rings. The fourth-order valence-electron chi connectivity index (χ4n) is 19.8. The predicted molar refractivity (Wildman–Crippen MR) is 491 cm³/mol. The summed E-state index contributed by atoms with van der Waals surface area (Å²) in [6.45, 7) is 26.6. The quantitative estimate of drug-likeness (QED) is 0.0965. The van der Waals surface area contributed by atoms with Crippen LogP contribution in [0.3, 0.4) is 0 Å². The highest BCUT2D eigenvalue weighted by molar-refractivity contribution is 5.74. The maximum absolute atomic E-state index is 9.23. The summed E-state index contributed by atoms with van der Waals surface area (Å²) in [5.74, 6) is 0.357. The van der Waals surface area contributed by atoms with E-state index in [2.05, 4.69) is 390 Å². The lowest BCUT2D eigenvalue weighted by Gasteiger charge is -2.43. The predicted octanol–water partition coefficient (Wildman–Crippen LogP) is 28.9. The van der Waals surface area contributed by atoms with E-state index in [0.29, 0.717) is 22.2 Å². The minimum absolute atomic E-state index is 0.131. The van der Waals surface area contributed by atoms with Gasteiger partial charge in [-0.25, -0.2) is 18.3 Å². The molecule has 0 bridgehead atoms. The van der Waals surface area contributed by atoms with Crippen molar-refractivity contribution in [3.05, 3.63) is 312 Å². The Labute approximate surface area is 703 Å². The number of rotatable bonds is 14. The largest absolute Gasteiger partial charge is 0.213 e. The van der Waals surface area contributed by atoms with Gasteiger partial charge in [-0.05, 0) is 276 Å². The van der Waals surface area contributed by atoms with Gasteiger partial charge in [-0.1, -0.05) is 264 Å². The monoisotopic (exact) mass is 1540 g/mol. The molecule has 0 N–H and O–H groups in total. The number of aromatic nitrogens is 4. The van der Waals surface area contributed by atoms with Crippen LogP contribution in [0.2, 0.25) is 0 Å². The third-order valence-electron chi connectivity index (χ3n) is 26.7. The maximum atomic E-state index is 9.23. The molecule has 4 aliphatic rings. The first-order valence-corrected chi connectivity index (χ1v) is 44.1. The molecule has 0 aliphatic heterocycles. The van der Waals surface area contributed by atoms with Gasteiger partial charge in [0.15, 0.2) is 24.8 Å². The van der Waals surface area contributed by atoms with E-state index < -0.39 is 11.8 Å². The topological polar surface area (TPSA) is 15.5 Å². The van der Waals surface area contributed by atoms with E-state index in [1.807, 2.05) is 6.92 Å². The summed E-state index contributed by atoms with van der Waals surface area (Å²) < 4.78 is 26.8. The molecule has 8 aromatic carbocycles. The lowest BCUT2D eigenvalue weighted by molar-refractivity contribution is -0.660. The average Bonchev–Trinajstić information content (AvgIpc) is 0.855. The van der Waals surface area contributed by atoms with Crippen LogP contribution in [-0.4, -0.2) is 0 Å². The van der Waals surface area contributed by atoms with Gasteiger partial charge in [0.1, 0.15) is 28.2 Å². The van der Waals surface area contributed by atoms with Gasteiger partial charge in [0.05, 0.1) is 0 Å². The zero-order valence-electron chi connectivity index (χ0n) is 75.5. The molecule has 2 unspecified atom stereocenters. The van der Waals surface area contributed by atoms with Crippen LogP contribution < -0.4 is 18.3 Å². The molecular weight excluding hydrogens is 1400 g/mol. The van der Waals surface area contributed by atoms with Gasteiger partial charge in [0, 0.05) is 73.5 Å². The van der Waals surface area contributed by atoms with Crippen LogP contribution in [0, 0.1) is 49.4 Å². The summed E-state index contributed by atoms with van der Waals surface area (Å²) in [5.41, 5.74) is 32.3. The van der Waals surface area contributed by atoms with Gasteiger partial charge >= 0.3 is 0 Å². The molecule has 0 amide bonds. The number of pyridine rings is 4. The first kappa shape index (κ1) is 81.5. The minimum Gasteiger partial charge on any atom is -0.201 e. The standard InChI is InChI=1S/2C30H36N.2C26H32N/c2*1-23-8-4-5-9-28(23)29-22-27(16-21-31(29)2)25-12-10-24(11-13-25)26-14-19-30(20-15-26)17-6-3-7-18-30;2*1-19-9-7-8-10-24(19)25-17-23(15-16-27(25)6)22-13-11-21(12-14-22)20(2)18-26(3,4)5/h2*4-5,8-13,16,21-22,26H,3,6-7,14-15,17-20H2,1-2H3;2*7-17,20H,18H2,1-6H3/q4*+1/i26D;;20D;. The van der Waals surface area contributed by atoms with Crippen LogP contribution in [0.5, 0.6) is 0 Å². The van der Waals surface area contributed by atoms with Crippen LogP contribution in [0.15, 0.2) is 267 Å². The maximum Gasteiger partial charge on any atom is 0.213 e. The third kappa shape index (κ3) is 21.4. The third-order valence-corrected chi connectivity index (χ3v) is 26.7. The zero-order valence-corrected chi connectivity index (χ0v) is 73.5. The zero-order chi connectivity index (χ0) is 83.6. The van der Waals surface area contributed by atoms with Crippen LogP contribution >= 0.6 is 0 Å². The Hall–Kier alpha value is -9.64. The summed E-state index contributed by atoms with van der Waals surface area (Å²) >= 11 is 0. The second-order valence-corrected chi connectivity index (χ2v) is 38.0. The minimum atomic E-state index is -0.577. The van der Waals surface area contributed by atoms with Crippen LogP contribution in [0.4, 0.5) is 0 Å². The number of hydrogen-bond donors (Lipinski definition) is 0. The smallest absolute Gasteiger partial charge is 0.201 e. The lowest BCUT2D eigenvalue weighted by Crippen LogP contribution is -2.30. The van der Waals surface area contributed by atoms with Crippen LogP contribution in [-0.2, 0) is 28.2 Å². The average molecular weight is 1540 g/mol. The van der Waals surface area contributed by atoms with Crippen LogP contribution in [0.1, 0.15) is 255 Å². The van der Waals surface area contributed by atoms with E-state index >= 15 is 0 Å². The molecule has 4 saturated carbocycles. The summed E-state index contributed by atoms with van der Waals surface area (Å²) in [7, 11) is 8.45. The summed E-state index contributed by atoms with van der Waals surface area (Å²) in [5, 5.41) is 0. The highest BCUT2D eigenvalue weighted by Gasteiger charge is 2.38. The Morgan fingerprint density at radius 3 is 0.922 bits per heavy atom. The van der Waals surface area contributed by atoms with Gasteiger partial charge in [0.2, 0.25) is 22.8 Å². The number of benzene rings is 8. The fraction of sp³-hybridized carbons (Fsp3) is 0.393. The Kier molecular flexibility index (Phi) is 26.5. The van der Waals surface area contributed by atoms with Crippen molar-refractivity contribution in [3.8, 4) is 89.5 Å². The SMILES string of the molecule is Cc1ccccc1-c1cc(-c2ccc(C(C)CC(C)(C)C)cc2)cc[n+]1C.Cc1ccccc1-c1cc(-c2ccc(C3CCC4(CCCCC4)CC3)cc2)cc[n+]1C.[2H]C(C)(CC(C)(C)C)c1ccc(-c2cc[n+](C)c(-c3ccccc3C)c2)cc1.[2H]C1(c2ccc(-c3cc[n+](C)c(-c4ccccc4C)c3)cc2)CCC2(CCCCC2)CC1. The molecule has 116 heavy (non-hydrogen) atoms. The number of hydrogen-bond acceptors (Lipinski definition) is 0. The first-order valence-electron chi connectivity index (χ1n) is 45.1. The van der Waals surface area contributed by atoms with Crippen molar-refractivity contribution in [1.82, 2.24) is 0 Å². The fourth-order valence-corrected chi connectivity index (χ4v) is 19.8. The molecule has 4 heterocycles. The van der Waals surface area contributed by atoms with Gasteiger partial charge in [-0.3, -0.25) is 0 Å².